The molecule has 0 saturated heterocycles. The molecule has 1 heterocycles. The summed E-state index contributed by atoms with van der Waals surface area (Å²) in [5, 5.41) is 0. The Morgan fingerprint density at radius 1 is 1.14 bits per heavy atom. The highest BCUT2D eigenvalue weighted by Crippen LogP contribution is 2.13. The second-order valence-electron chi connectivity index (χ2n) is 5.33. The van der Waals surface area contributed by atoms with Crippen LogP contribution in [0.15, 0.2) is 42.7 Å². The fourth-order valence-electron chi connectivity index (χ4n) is 2.01. The lowest BCUT2D eigenvalue weighted by Crippen LogP contribution is -2.07. The zero-order valence-electron chi connectivity index (χ0n) is 13.3. The Morgan fingerprint density at radius 2 is 1.86 bits per heavy atom. The van der Waals surface area contributed by atoms with E-state index in [1.165, 1.54) is 6.08 Å². The summed E-state index contributed by atoms with van der Waals surface area (Å²) in [5.41, 5.74) is 3.40. The topological polar surface area (TPSA) is 46.1 Å². The molecule has 0 unspecified atom stereocenters. The van der Waals surface area contributed by atoms with Crippen molar-refractivity contribution in [2.45, 2.75) is 19.8 Å². The van der Waals surface area contributed by atoms with Gasteiger partial charge in [0, 0.05) is 26.0 Å². The lowest BCUT2D eigenvalue weighted by molar-refractivity contribution is 0.104. The molecule has 0 saturated carbocycles. The number of hydrogen-bond acceptors (Lipinski definition) is 4. The van der Waals surface area contributed by atoms with Crippen LogP contribution in [0.4, 0.5) is 5.69 Å². The van der Waals surface area contributed by atoms with Gasteiger partial charge in [-0.15, -0.1) is 0 Å². The van der Waals surface area contributed by atoms with Crippen LogP contribution in [-0.4, -0.2) is 29.8 Å². The maximum absolute atomic E-state index is 12.1. The number of nitrogens with zero attached hydrogens (tertiary/aromatic N) is 3. The van der Waals surface area contributed by atoms with Crippen molar-refractivity contribution in [3.05, 3.63) is 59.7 Å². The van der Waals surface area contributed by atoms with Gasteiger partial charge in [0.15, 0.2) is 0 Å². The number of aryl methyl sites for hydroxylation is 1. The summed E-state index contributed by atoms with van der Waals surface area (Å²) < 4.78 is 0. The van der Waals surface area contributed by atoms with Crippen molar-refractivity contribution < 1.29 is 4.79 Å². The third-order valence-corrected chi connectivity index (χ3v) is 3.30. The summed E-state index contributed by atoms with van der Waals surface area (Å²) >= 11 is 0. The molecule has 4 nitrogen and oxygen atoms in total. The minimum atomic E-state index is -0.132. The molecule has 0 atom stereocenters. The largest absolute Gasteiger partial charge is 0.378 e. The van der Waals surface area contributed by atoms with Crippen LogP contribution in [0.3, 0.4) is 0 Å². The summed E-state index contributed by atoms with van der Waals surface area (Å²) in [6.07, 6.45) is 8.46. The molecule has 2 aromatic rings. The highest BCUT2D eigenvalue weighted by atomic mass is 16.1. The number of hydrogen-bond donors (Lipinski definition) is 0. The number of benzene rings is 1. The summed E-state index contributed by atoms with van der Waals surface area (Å²) in [7, 11) is 3.99. The standard InChI is InChI=1S/C18H21N3O/c1-4-5-15-12-20-17(13-19-15)18(22)11-8-14-6-9-16(10-7-14)21(2)3/h6-13H,4-5H2,1-3H3/b11-8+. The Hall–Kier alpha value is -2.49. The van der Waals surface area contributed by atoms with E-state index in [1.54, 1.807) is 18.5 Å². The number of allylic oxidation sites excluding steroid dienone is 1. The Morgan fingerprint density at radius 3 is 2.41 bits per heavy atom. The van der Waals surface area contributed by atoms with Gasteiger partial charge >= 0.3 is 0 Å². The van der Waals surface area contributed by atoms with Gasteiger partial charge in [0.05, 0.1) is 11.9 Å². The van der Waals surface area contributed by atoms with Crippen LogP contribution in [0.2, 0.25) is 0 Å². The number of ketones is 1. The second kappa shape index (κ2) is 7.50. The van der Waals surface area contributed by atoms with Crippen molar-refractivity contribution in [2.24, 2.45) is 0 Å². The number of carbonyl (C=O) groups excluding carboxylic acids is 1. The summed E-state index contributed by atoms with van der Waals surface area (Å²) in [6, 6.07) is 8.00. The minimum Gasteiger partial charge on any atom is -0.378 e. The molecule has 2 rings (SSSR count). The van der Waals surface area contributed by atoms with Gasteiger partial charge in [-0.2, -0.15) is 0 Å². The molecule has 4 heteroatoms. The fourth-order valence-corrected chi connectivity index (χ4v) is 2.01. The van der Waals surface area contributed by atoms with E-state index in [-0.39, 0.29) is 5.78 Å². The van der Waals surface area contributed by atoms with Gasteiger partial charge in [0.2, 0.25) is 5.78 Å². The van der Waals surface area contributed by atoms with E-state index in [0.29, 0.717) is 5.69 Å². The lowest BCUT2D eigenvalue weighted by atomic mass is 10.1. The fraction of sp³-hybridized carbons (Fsp3) is 0.278. The van der Waals surface area contributed by atoms with Crippen LogP contribution in [0.25, 0.3) is 6.08 Å². The Bertz CT molecular complexity index is 643. The van der Waals surface area contributed by atoms with E-state index < -0.39 is 0 Å². The van der Waals surface area contributed by atoms with Crippen molar-refractivity contribution in [1.82, 2.24) is 9.97 Å². The number of aromatic nitrogens is 2. The molecule has 0 bridgehead atoms. The Balaban J connectivity index is 2.04. The van der Waals surface area contributed by atoms with Crippen LogP contribution < -0.4 is 4.90 Å². The van der Waals surface area contributed by atoms with Gasteiger partial charge < -0.3 is 4.90 Å². The predicted molar refractivity (Wildman–Crippen MR) is 90.2 cm³/mol. The lowest BCUT2D eigenvalue weighted by Gasteiger charge is -2.11. The second-order valence-corrected chi connectivity index (χ2v) is 5.33. The molecular formula is C18H21N3O. The van der Waals surface area contributed by atoms with E-state index >= 15 is 0 Å². The van der Waals surface area contributed by atoms with Crippen molar-refractivity contribution >= 4 is 17.5 Å². The van der Waals surface area contributed by atoms with Gasteiger partial charge in [-0.3, -0.25) is 9.78 Å². The van der Waals surface area contributed by atoms with Crippen molar-refractivity contribution in [2.75, 3.05) is 19.0 Å². The summed E-state index contributed by atoms with van der Waals surface area (Å²) in [4.78, 5) is 22.5. The predicted octanol–water partition coefficient (Wildman–Crippen LogP) is 3.39. The maximum Gasteiger partial charge on any atom is 0.205 e. The average Bonchev–Trinajstić information content (AvgIpc) is 2.54. The molecule has 22 heavy (non-hydrogen) atoms. The first-order valence-corrected chi connectivity index (χ1v) is 7.41. The van der Waals surface area contributed by atoms with Crippen LogP contribution in [0.5, 0.6) is 0 Å². The third kappa shape index (κ3) is 4.25. The smallest absolute Gasteiger partial charge is 0.205 e. The zero-order chi connectivity index (χ0) is 15.9. The molecule has 0 spiro atoms. The highest BCUT2D eigenvalue weighted by Gasteiger charge is 2.04. The van der Waals surface area contributed by atoms with Crippen LogP contribution in [-0.2, 0) is 6.42 Å². The zero-order valence-corrected chi connectivity index (χ0v) is 13.3. The molecule has 0 fully saturated rings. The third-order valence-electron chi connectivity index (χ3n) is 3.30. The quantitative estimate of drug-likeness (QED) is 0.605. The number of anilines is 1. The Kier molecular flexibility index (Phi) is 5.42. The number of carbonyl (C=O) groups is 1. The average molecular weight is 295 g/mol. The van der Waals surface area contributed by atoms with E-state index in [9.17, 15) is 4.79 Å². The van der Waals surface area contributed by atoms with Gasteiger partial charge in [-0.25, -0.2) is 4.98 Å². The molecule has 0 N–H and O–H groups in total. The van der Waals surface area contributed by atoms with Crippen molar-refractivity contribution in [3.8, 4) is 0 Å². The maximum atomic E-state index is 12.1. The molecule has 0 radical (unpaired) electrons. The monoisotopic (exact) mass is 295 g/mol. The highest BCUT2D eigenvalue weighted by molar-refractivity contribution is 6.05. The van der Waals surface area contributed by atoms with Crippen LogP contribution in [0, 0.1) is 0 Å². The molecule has 0 aliphatic heterocycles. The SMILES string of the molecule is CCCc1cnc(C(=O)/C=C/c2ccc(N(C)C)cc2)cn1. The minimum absolute atomic E-state index is 0.132. The van der Waals surface area contributed by atoms with Crippen LogP contribution >= 0.6 is 0 Å². The van der Waals surface area contributed by atoms with Crippen molar-refractivity contribution in [1.29, 1.82) is 0 Å². The van der Waals surface area contributed by atoms with Crippen LogP contribution in [0.1, 0.15) is 35.1 Å². The molecule has 0 amide bonds. The first-order chi connectivity index (χ1) is 10.6. The number of rotatable bonds is 6. The Labute approximate surface area is 131 Å². The summed E-state index contributed by atoms with van der Waals surface area (Å²) in [6.45, 7) is 2.09. The molecule has 0 aliphatic rings. The molecule has 0 aliphatic carbocycles. The van der Waals surface area contributed by atoms with E-state index in [0.717, 1.165) is 29.8 Å². The van der Waals surface area contributed by atoms with E-state index in [4.69, 9.17) is 0 Å². The van der Waals surface area contributed by atoms with Gasteiger partial charge in [0.25, 0.3) is 0 Å². The van der Waals surface area contributed by atoms with Gasteiger partial charge in [-0.05, 0) is 30.2 Å². The summed E-state index contributed by atoms with van der Waals surface area (Å²) in [5.74, 6) is -0.132. The van der Waals surface area contributed by atoms with E-state index in [2.05, 4.69) is 16.9 Å². The molecular weight excluding hydrogens is 274 g/mol. The van der Waals surface area contributed by atoms with Crippen molar-refractivity contribution in [3.63, 3.8) is 0 Å². The normalized spacial score (nSPS) is 10.9. The first kappa shape index (κ1) is 15.9. The van der Waals surface area contributed by atoms with Gasteiger partial charge in [0.1, 0.15) is 5.69 Å². The molecule has 1 aromatic heterocycles. The first-order valence-electron chi connectivity index (χ1n) is 7.41. The molecule has 114 valence electrons. The molecule has 1 aromatic carbocycles. The van der Waals surface area contributed by atoms with Gasteiger partial charge in [-0.1, -0.05) is 31.6 Å². The van der Waals surface area contributed by atoms with E-state index in [1.807, 2.05) is 43.3 Å².